The van der Waals surface area contributed by atoms with E-state index in [1.54, 1.807) is 0 Å². The smallest absolute Gasteiger partial charge is 0.0419 e. The SMILES string of the molecule is CC(C)CCN(Cc1cccc2c1NCC2)C1CC1. The summed E-state index contributed by atoms with van der Waals surface area (Å²) in [6.45, 7) is 8.15. The second kappa shape index (κ2) is 5.54. The molecule has 0 atom stereocenters. The van der Waals surface area contributed by atoms with Crippen molar-refractivity contribution in [1.82, 2.24) is 4.90 Å². The lowest BCUT2D eigenvalue weighted by Gasteiger charge is -2.24. The molecule has 1 aliphatic carbocycles. The largest absolute Gasteiger partial charge is 0.384 e. The van der Waals surface area contributed by atoms with Crippen molar-refractivity contribution in [1.29, 1.82) is 0 Å². The molecule has 19 heavy (non-hydrogen) atoms. The Kier molecular flexibility index (Phi) is 3.79. The number of nitrogens with zero attached hydrogens (tertiary/aromatic N) is 1. The number of rotatable bonds is 6. The zero-order valence-electron chi connectivity index (χ0n) is 12.3. The Labute approximate surface area is 117 Å². The molecule has 1 N–H and O–H groups in total. The summed E-state index contributed by atoms with van der Waals surface area (Å²) >= 11 is 0. The summed E-state index contributed by atoms with van der Waals surface area (Å²) in [5.41, 5.74) is 4.44. The van der Waals surface area contributed by atoms with Crippen molar-refractivity contribution in [3.8, 4) is 0 Å². The molecule has 2 heteroatoms. The molecule has 0 radical (unpaired) electrons. The van der Waals surface area contributed by atoms with Crippen LogP contribution >= 0.6 is 0 Å². The predicted molar refractivity (Wildman–Crippen MR) is 81.5 cm³/mol. The molecule has 104 valence electrons. The first-order valence-electron chi connectivity index (χ1n) is 7.82. The van der Waals surface area contributed by atoms with Gasteiger partial charge in [0, 0.05) is 24.8 Å². The van der Waals surface area contributed by atoms with Crippen LogP contribution in [0.3, 0.4) is 0 Å². The van der Waals surface area contributed by atoms with E-state index < -0.39 is 0 Å². The highest BCUT2D eigenvalue weighted by Crippen LogP contribution is 2.32. The molecule has 0 amide bonds. The third-order valence-electron chi connectivity index (χ3n) is 4.36. The van der Waals surface area contributed by atoms with Crippen molar-refractivity contribution in [2.24, 2.45) is 5.92 Å². The number of anilines is 1. The second-order valence-electron chi connectivity index (χ2n) is 6.51. The van der Waals surface area contributed by atoms with Crippen LogP contribution in [0.5, 0.6) is 0 Å². The minimum absolute atomic E-state index is 0.806. The van der Waals surface area contributed by atoms with Gasteiger partial charge in [0.05, 0.1) is 0 Å². The second-order valence-corrected chi connectivity index (χ2v) is 6.51. The van der Waals surface area contributed by atoms with Gasteiger partial charge in [-0.25, -0.2) is 0 Å². The standard InChI is InChI=1S/C17H26N2/c1-13(2)9-11-19(16-6-7-16)12-15-5-3-4-14-8-10-18-17(14)15/h3-5,13,16,18H,6-12H2,1-2H3. The quantitative estimate of drug-likeness (QED) is 0.837. The van der Waals surface area contributed by atoms with Gasteiger partial charge in [-0.15, -0.1) is 0 Å². The molecule has 3 rings (SSSR count). The molecule has 1 fully saturated rings. The highest BCUT2D eigenvalue weighted by molar-refractivity contribution is 5.61. The lowest BCUT2D eigenvalue weighted by atomic mass is 10.1. The molecule has 2 nitrogen and oxygen atoms in total. The number of para-hydroxylation sites is 1. The van der Waals surface area contributed by atoms with Gasteiger partial charge in [-0.05, 0) is 49.3 Å². The number of fused-ring (bicyclic) bond motifs is 1. The van der Waals surface area contributed by atoms with Crippen molar-refractivity contribution >= 4 is 5.69 Å². The van der Waals surface area contributed by atoms with Gasteiger partial charge in [0.15, 0.2) is 0 Å². The maximum absolute atomic E-state index is 3.57. The normalized spacial score (nSPS) is 17.9. The monoisotopic (exact) mass is 258 g/mol. The highest BCUT2D eigenvalue weighted by atomic mass is 15.2. The zero-order valence-corrected chi connectivity index (χ0v) is 12.3. The molecule has 0 saturated heterocycles. The topological polar surface area (TPSA) is 15.3 Å². The van der Waals surface area contributed by atoms with Crippen molar-refractivity contribution in [3.63, 3.8) is 0 Å². The predicted octanol–water partition coefficient (Wildman–Crippen LogP) is 3.67. The number of nitrogens with one attached hydrogen (secondary N) is 1. The van der Waals surface area contributed by atoms with Gasteiger partial charge in [0.25, 0.3) is 0 Å². The summed E-state index contributed by atoms with van der Waals surface area (Å²) in [6, 6.07) is 7.67. The van der Waals surface area contributed by atoms with Gasteiger partial charge >= 0.3 is 0 Å². The molecule has 1 heterocycles. The molecule has 0 bridgehead atoms. The van der Waals surface area contributed by atoms with Crippen LogP contribution in [0.4, 0.5) is 5.69 Å². The first-order chi connectivity index (χ1) is 9.24. The Morgan fingerprint density at radius 1 is 1.32 bits per heavy atom. The van der Waals surface area contributed by atoms with Crippen molar-refractivity contribution < 1.29 is 0 Å². The summed E-state index contributed by atoms with van der Waals surface area (Å²) in [7, 11) is 0. The van der Waals surface area contributed by atoms with Crippen molar-refractivity contribution in [2.45, 2.75) is 52.1 Å². The van der Waals surface area contributed by atoms with E-state index in [9.17, 15) is 0 Å². The number of benzene rings is 1. The summed E-state index contributed by atoms with van der Waals surface area (Å²) in [5.74, 6) is 0.806. The van der Waals surface area contributed by atoms with E-state index in [0.717, 1.165) is 25.0 Å². The van der Waals surface area contributed by atoms with Crippen LogP contribution in [-0.4, -0.2) is 24.0 Å². The molecule has 1 aromatic rings. The summed E-state index contributed by atoms with van der Waals surface area (Å²) < 4.78 is 0. The Morgan fingerprint density at radius 2 is 2.16 bits per heavy atom. The fourth-order valence-corrected chi connectivity index (χ4v) is 3.02. The summed E-state index contributed by atoms with van der Waals surface area (Å²) in [5, 5.41) is 3.57. The maximum Gasteiger partial charge on any atom is 0.0419 e. The molecule has 1 aliphatic heterocycles. The first kappa shape index (κ1) is 13.0. The van der Waals surface area contributed by atoms with E-state index in [-0.39, 0.29) is 0 Å². The molecular formula is C17H26N2. The van der Waals surface area contributed by atoms with E-state index in [2.05, 4.69) is 42.3 Å². The number of hydrogen-bond donors (Lipinski definition) is 1. The maximum atomic E-state index is 3.57. The highest BCUT2D eigenvalue weighted by Gasteiger charge is 2.29. The van der Waals surface area contributed by atoms with Crippen LogP contribution in [0.1, 0.15) is 44.2 Å². The zero-order chi connectivity index (χ0) is 13.2. The van der Waals surface area contributed by atoms with Crippen LogP contribution < -0.4 is 5.32 Å². The molecule has 1 saturated carbocycles. The molecular weight excluding hydrogens is 232 g/mol. The fraction of sp³-hybridized carbons (Fsp3) is 0.647. The van der Waals surface area contributed by atoms with Gasteiger partial charge in [-0.2, -0.15) is 0 Å². The summed E-state index contributed by atoms with van der Waals surface area (Å²) in [4.78, 5) is 2.70. The minimum atomic E-state index is 0.806. The summed E-state index contributed by atoms with van der Waals surface area (Å²) in [6.07, 6.45) is 5.32. The molecule has 0 spiro atoms. The van der Waals surface area contributed by atoms with Crippen LogP contribution in [0.25, 0.3) is 0 Å². The van der Waals surface area contributed by atoms with Gasteiger partial charge in [0.2, 0.25) is 0 Å². The van der Waals surface area contributed by atoms with E-state index in [4.69, 9.17) is 0 Å². The first-order valence-corrected chi connectivity index (χ1v) is 7.82. The molecule has 1 aromatic carbocycles. The van der Waals surface area contributed by atoms with E-state index in [1.807, 2.05) is 0 Å². The van der Waals surface area contributed by atoms with Gasteiger partial charge in [-0.1, -0.05) is 32.0 Å². The van der Waals surface area contributed by atoms with Crippen LogP contribution in [0, 0.1) is 5.92 Å². The van der Waals surface area contributed by atoms with Crippen LogP contribution in [0.15, 0.2) is 18.2 Å². The van der Waals surface area contributed by atoms with Crippen molar-refractivity contribution in [3.05, 3.63) is 29.3 Å². The van der Waals surface area contributed by atoms with Crippen molar-refractivity contribution in [2.75, 3.05) is 18.4 Å². The average Bonchev–Trinajstić information content (AvgIpc) is 3.11. The van der Waals surface area contributed by atoms with Crippen LogP contribution in [-0.2, 0) is 13.0 Å². The molecule has 0 unspecified atom stereocenters. The lowest BCUT2D eigenvalue weighted by Crippen LogP contribution is -2.27. The Bertz CT molecular complexity index is 435. The van der Waals surface area contributed by atoms with E-state index in [0.29, 0.717) is 0 Å². The van der Waals surface area contributed by atoms with Gasteiger partial charge < -0.3 is 5.32 Å². The number of hydrogen-bond acceptors (Lipinski definition) is 2. The third kappa shape index (κ3) is 3.11. The Balaban J connectivity index is 1.69. The third-order valence-corrected chi connectivity index (χ3v) is 4.36. The fourth-order valence-electron chi connectivity index (χ4n) is 3.02. The van der Waals surface area contributed by atoms with Gasteiger partial charge in [-0.3, -0.25) is 4.90 Å². The molecule has 2 aliphatic rings. The Morgan fingerprint density at radius 3 is 2.89 bits per heavy atom. The van der Waals surface area contributed by atoms with Gasteiger partial charge in [0.1, 0.15) is 0 Å². The molecule has 0 aromatic heterocycles. The van der Waals surface area contributed by atoms with E-state index >= 15 is 0 Å². The van der Waals surface area contributed by atoms with Crippen LogP contribution in [0.2, 0.25) is 0 Å². The lowest BCUT2D eigenvalue weighted by molar-refractivity contribution is 0.240. The Hall–Kier alpha value is -1.02. The van der Waals surface area contributed by atoms with E-state index in [1.165, 1.54) is 49.0 Å². The minimum Gasteiger partial charge on any atom is -0.384 e. The average molecular weight is 258 g/mol.